The number of rotatable bonds is 3. The molecule has 2 aliphatic rings. The third-order valence-corrected chi connectivity index (χ3v) is 6.58. The summed E-state index contributed by atoms with van der Waals surface area (Å²) in [5, 5.41) is 0. The van der Waals surface area contributed by atoms with E-state index in [1.165, 1.54) is 56.9 Å². The Balaban J connectivity index is 2.22. The van der Waals surface area contributed by atoms with Crippen molar-refractivity contribution in [2.45, 2.75) is 99.3 Å². The highest BCUT2D eigenvalue weighted by Crippen LogP contribution is 2.53. The van der Waals surface area contributed by atoms with Crippen LogP contribution in [0.15, 0.2) is 46.6 Å². The molecular formula is C25H40. The van der Waals surface area contributed by atoms with E-state index < -0.39 is 0 Å². The molecule has 0 spiro atoms. The Morgan fingerprint density at radius 1 is 1.04 bits per heavy atom. The van der Waals surface area contributed by atoms with Crippen LogP contribution >= 0.6 is 0 Å². The van der Waals surface area contributed by atoms with Gasteiger partial charge in [-0.15, -0.1) is 0 Å². The molecule has 0 aromatic rings. The second-order valence-corrected chi connectivity index (χ2v) is 9.65. The van der Waals surface area contributed by atoms with E-state index in [0.29, 0.717) is 10.8 Å². The van der Waals surface area contributed by atoms with Crippen molar-refractivity contribution >= 4 is 0 Å². The topological polar surface area (TPSA) is 0 Å². The van der Waals surface area contributed by atoms with Crippen molar-refractivity contribution in [3.63, 3.8) is 0 Å². The van der Waals surface area contributed by atoms with Crippen molar-refractivity contribution in [3.8, 4) is 0 Å². The molecule has 0 nitrogen and oxygen atoms in total. The molecule has 0 aliphatic heterocycles. The number of hydrogen-bond acceptors (Lipinski definition) is 0. The Morgan fingerprint density at radius 3 is 2.52 bits per heavy atom. The molecule has 25 heavy (non-hydrogen) atoms. The molecule has 0 aromatic carbocycles. The van der Waals surface area contributed by atoms with E-state index in [4.69, 9.17) is 0 Å². The predicted octanol–water partition coefficient (Wildman–Crippen LogP) is 8.32. The van der Waals surface area contributed by atoms with Crippen LogP contribution in [0.2, 0.25) is 0 Å². The average molecular weight is 341 g/mol. The van der Waals surface area contributed by atoms with Gasteiger partial charge in [0.05, 0.1) is 0 Å². The summed E-state index contributed by atoms with van der Waals surface area (Å²) in [5.41, 5.74) is 7.16. The van der Waals surface area contributed by atoms with E-state index in [-0.39, 0.29) is 0 Å². The first-order valence-electron chi connectivity index (χ1n) is 10.4. The summed E-state index contributed by atoms with van der Waals surface area (Å²) < 4.78 is 0. The molecule has 1 fully saturated rings. The summed E-state index contributed by atoms with van der Waals surface area (Å²) >= 11 is 0. The van der Waals surface area contributed by atoms with Crippen LogP contribution in [0.25, 0.3) is 0 Å². The number of fused-ring (bicyclic) bond motifs is 1. The molecule has 0 aromatic heterocycles. The van der Waals surface area contributed by atoms with Gasteiger partial charge in [0.25, 0.3) is 0 Å². The lowest BCUT2D eigenvalue weighted by Crippen LogP contribution is -2.33. The van der Waals surface area contributed by atoms with Gasteiger partial charge in [0.2, 0.25) is 0 Å². The van der Waals surface area contributed by atoms with Crippen LogP contribution in [0.1, 0.15) is 99.3 Å². The monoisotopic (exact) mass is 340 g/mol. The highest BCUT2D eigenvalue weighted by molar-refractivity contribution is 5.24. The Kier molecular flexibility index (Phi) is 6.94. The van der Waals surface area contributed by atoms with E-state index in [1.807, 2.05) is 0 Å². The van der Waals surface area contributed by atoms with Gasteiger partial charge in [0, 0.05) is 0 Å². The van der Waals surface area contributed by atoms with Crippen LogP contribution in [0.5, 0.6) is 0 Å². The van der Waals surface area contributed by atoms with Crippen molar-refractivity contribution < 1.29 is 0 Å². The predicted molar refractivity (Wildman–Crippen MR) is 113 cm³/mol. The summed E-state index contributed by atoms with van der Waals surface area (Å²) in [6.45, 7) is 14.1. The molecule has 0 radical (unpaired) electrons. The lowest BCUT2D eigenvalue weighted by molar-refractivity contribution is 0.158. The normalized spacial score (nSPS) is 37.3. The molecule has 2 unspecified atom stereocenters. The quantitative estimate of drug-likeness (QED) is 0.453. The second kappa shape index (κ2) is 8.56. The molecule has 1 saturated carbocycles. The lowest BCUT2D eigenvalue weighted by Gasteiger charge is -2.45. The average Bonchev–Trinajstić information content (AvgIpc) is 2.55. The van der Waals surface area contributed by atoms with Crippen LogP contribution < -0.4 is 0 Å². The summed E-state index contributed by atoms with van der Waals surface area (Å²) in [6, 6.07) is 0. The zero-order valence-electron chi connectivity index (χ0n) is 17.7. The lowest BCUT2D eigenvalue weighted by atomic mass is 9.59. The Labute approximate surface area is 157 Å². The van der Waals surface area contributed by atoms with Gasteiger partial charge in [-0.2, -0.15) is 0 Å². The molecule has 0 bridgehead atoms. The first kappa shape index (κ1) is 20.3. The molecule has 0 amide bonds. The fourth-order valence-electron chi connectivity index (χ4n) is 4.39. The minimum Gasteiger partial charge on any atom is -0.0859 e. The minimum absolute atomic E-state index is 0.377. The van der Waals surface area contributed by atoms with Crippen LogP contribution in [0, 0.1) is 10.8 Å². The van der Waals surface area contributed by atoms with E-state index in [2.05, 4.69) is 65.8 Å². The first-order valence-corrected chi connectivity index (χ1v) is 10.4. The Hall–Kier alpha value is -1.04. The summed E-state index contributed by atoms with van der Waals surface area (Å²) in [4.78, 5) is 0. The van der Waals surface area contributed by atoms with Crippen molar-refractivity contribution in [3.05, 3.63) is 46.6 Å². The summed E-state index contributed by atoms with van der Waals surface area (Å²) in [5.74, 6) is 0. The maximum atomic E-state index is 2.60. The number of allylic oxidation sites excluding steroid dienone is 8. The van der Waals surface area contributed by atoms with Gasteiger partial charge in [-0.05, 0) is 96.3 Å². The second-order valence-electron chi connectivity index (χ2n) is 9.65. The fraction of sp³-hybridized carbons (Fsp3) is 0.680. The van der Waals surface area contributed by atoms with E-state index in [0.717, 1.165) is 6.42 Å². The third-order valence-electron chi connectivity index (χ3n) is 6.58. The van der Waals surface area contributed by atoms with Crippen LogP contribution in [-0.4, -0.2) is 0 Å². The zero-order valence-corrected chi connectivity index (χ0v) is 17.7. The van der Waals surface area contributed by atoms with Crippen LogP contribution in [-0.2, 0) is 0 Å². The van der Waals surface area contributed by atoms with Crippen LogP contribution in [0.3, 0.4) is 0 Å². The van der Waals surface area contributed by atoms with Crippen molar-refractivity contribution in [2.75, 3.05) is 0 Å². The van der Waals surface area contributed by atoms with Crippen LogP contribution in [0.4, 0.5) is 0 Å². The molecule has 140 valence electrons. The summed E-state index contributed by atoms with van der Waals surface area (Å²) in [7, 11) is 0. The molecule has 2 aliphatic carbocycles. The van der Waals surface area contributed by atoms with Crippen molar-refractivity contribution in [2.24, 2.45) is 10.8 Å². The van der Waals surface area contributed by atoms with Gasteiger partial charge < -0.3 is 0 Å². The third kappa shape index (κ3) is 6.01. The maximum absolute atomic E-state index is 2.60. The molecule has 2 atom stereocenters. The summed E-state index contributed by atoms with van der Waals surface area (Å²) in [6.07, 6.45) is 21.4. The van der Waals surface area contributed by atoms with Crippen molar-refractivity contribution in [1.82, 2.24) is 0 Å². The highest BCUT2D eigenvalue weighted by Gasteiger charge is 2.39. The number of hydrogen-bond donors (Lipinski definition) is 0. The van der Waals surface area contributed by atoms with Gasteiger partial charge >= 0.3 is 0 Å². The van der Waals surface area contributed by atoms with E-state index in [9.17, 15) is 0 Å². The van der Waals surface area contributed by atoms with Crippen molar-refractivity contribution in [1.29, 1.82) is 0 Å². The van der Waals surface area contributed by atoms with Gasteiger partial charge in [-0.25, -0.2) is 0 Å². The first-order chi connectivity index (χ1) is 11.7. The maximum Gasteiger partial charge on any atom is -0.00813 e. The molecule has 0 N–H and O–H groups in total. The fourth-order valence-corrected chi connectivity index (χ4v) is 4.39. The minimum atomic E-state index is 0.377. The molecule has 0 heterocycles. The SMILES string of the molecule is CC(C)=CCCC1(C)CCC2(C)C/C=C(\C)CC/C=C(\C)C/C=C\2C1. The molecular weight excluding hydrogens is 300 g/mol. The van der Waals surface area contributed by atoms with E-state index in [1.54, 1.807) is 16.7 Å². The van der Waals surface area contributed by atoms with Gasteiger partial charge in [0.15, 0.2) is 0 Å². The molecule has 0 saturated heterocycles. The van der Waals surface area contributed by atoms with E-state index >= 15 is 0 Å². The molecule has 0 heteroatoms. The highest BCUT2D eigenvalue weighted by atomic mass is 14.4. The largest absolute Gasteiger partial charge is 0.0859 e. The van der Waals surface area contributed by atoms with Gasteiger partial charge in [-0.3, -0.25) is 0 Å². The Bertz CT molecular complexity index is 579. The molecule has 2 rings (SSSR count). The van der Waals surface area contributed by atoms with Gasteiger partial charge in [-0.1, -0.05) is 60.4 Å². The Morgan fingerprint density at radius 2 is 1.80 bits per heavy atom. The standard InChI is InChI=1S/C25H40/c1-20(2)9-8-15-24(5)17-18-25(6)16-14-22(4)11-7-10-21(3)12-13-23(25)19-24/h9-10,13-14H,7-8,11-12,15-19H2,1-6H3/b21-10+,22-14+,23-13-. The smallest absolute Gasteiger partial charge is 0.00813 e. The van der Waals surface area contributed by atoms with Gasteiger partial charge in [0.1, 0.15) is 0 Å². The zero-order chi connectivity index (χ0) is 18.5.